The maximum Gasteiger partial charge on any atom is 0.280 e. The smallest absolute Gasteiger partial charge is 0.218 e. The molecule has 0 aliphatic rings. The molecule has 0 spiro atoms. The molecule has 1 aromatic heterocycles. The fourth-order valence-corrected chi connectivity index (χ4v) is 1.09. The molecule has 0 saturated carbocycles. The Labute approximate surface area is 79.0 Å². The second-order valence-corrected chi connectivity index (χ2v) is 2.78. The van der Waals surface area contributed by atoms with E-state index in [0.29, 0.717) is 0 Å². The Morgan fingerprint density at radius 1 is 1.57 bits per heavy atom. The summed E-state index contributed by atoms with van der Waals surface area (Å²) in [5, 5.41) is 8.32. The average molecular weight is 200 g/mol. The van der Waals surface area contributed by atoms with Crippen molar-refractivity contribution >= 4 is 0 Å². The molecule has 1 heterocycles. The van der Waals surface area contributed by atoms with Gasteiger partial charge in [-0.25, -0.2) is 13.8 Å². The first kappa shape index (κ1) is 10.5. The van der Waals surface area contributed by atoms with E-state index in [9.17, 15) is 13.2 Å². The predicted octanol–water partition coefficient (Wildman–Crippen LogP) is 2.53. The van der Waals surface area contributed by atoms with E-state index in [0.717, 1.165) is 0 Å². The van der Waals surface area contributed by atoms with Gasteiger partial charge in [0.15, 0.2) is 0 Å². The van der Waals surface area contributed by atoms with E-state index in [1.807, 2.05) is 0 Å². The fraction of sp³-hybridized carbons (Fsp3) is 0.333. The van der Waals surface area contributed by atoms with Gasteiger partial charge in [-0.2, -0.15) is 9.65 Å². The summed E-state index contributed by atoms with van der Waals surface area (Å²) in [5.74, 6) is -0.993. The van der Waals surface area contributed by atoms with E-state index in [2.05, 4.69) is 4.98 Å². The van der Waals surface area contributed by atoms with Gasteiger partial charge in [0, 0.05) is 5.56 Å². The molecular weight excluding hydrogens is 193 g/mol. The number of alkyl halides is 2. The lowest BCUT2D eigenvalue weighted by atomic mass is 10.1. The summed E-state index contributed by atoms with van der Waals surface area (Å²) in [7, 11) is 0. The highest BCUT2D eigenvalue weighted by atomic mass is 19.3. The van der Waals surface area contributed by atoms with Gasteiger partial charge in [-0.3, -0.25) is 0 Å². The van der Waals surface area contributed by atoms with Crippen LogP contribution in [0, 0.1) is 24.2 Å². The maximum absolute atomic E-state index is 13.0. The average Bonchev–Trinajstić information content (AvgIpc) is 2.10. The van der Waals surface area contributed by atoms with Crippen molar-refractivity contribution in [3.05, 3.63) is 28.8 Å². The van der Waals surface area contributed by atoms with E-state index in [-0.39, 0.29) is 17.5 Å². The summed E-state index contributed by atoms with van der Waals surface area (Å²) in [6, 6.07) is 2.96. The Bertz CT molecular complexity index is 382. The highest BCUT2D eigenvalue weighted by molar-refractivity contribution is 5.27. The molecule has 5 heteroatoms. The zero-order chi connectivity index (χ0) is 10.7. The number of aryl methyl sites for hydroxylation is 1. The van der Waals surface area contributed by atoms with Gasteiger partial charge in [-0.1, -0.05) is 0 Å². The summed E-state index contributed by atoms with van der Waals surface area (Å²) >= 11 is 0. The van der Waals surface area contributed by atoms with Gasteiger partial charge in [-0.05, 0) is 18.6 Å². The minimum atomic E-state index is -2.79. The van der Waals surface area contributed by atoms with Crippen LogP contribution in [0.25, 0.3) is 0 Å². The Morgan fingerprint density at radius 3 is 2.71 bits per heavy atom. The zero-order valence-corrected chi connectivity index (χ0v) is 7.39. The fourth-order valence-electron chi connectivity index (χ4n) is 1.09. The summed E-state index contributed by atoms with van der Waals surface area (Å²) in [6.07, 6.45) is -2.95. The first-order chi connectivity index (χ1) is 6.56. The van der Waals surface area contributed by atoms with Crippen LogP contribution in [-0.4, -0.2) is 4.98 Å². The quantitative estimate of drug-likeness (QED) is 0.688. The third-order valence-electron chi connectivity index (χ3n) is 1.75. The van der Waals surface area contributed by atoms with Crippen LogP contribution in [0.1, 0.15) is 23.2 Å². The van der Waals surface area contributed by atoms with Crippen molar-refractivity contribution in [1.82, 2.24) is 4.98 Å². The van der Waals surface area contributed by atoms with Gasteiger partial charge in [0.1, 0.15) is 5.69 Å². The first-order valence-corrected chi connectivity index (χ1v) is 3.87. The summed E-state index contributed by atoms with van der Waals surface area (Å²) in [6.45, 7) is 1.41. The van der Waals surface area contributed by atoms with Crippen molar-refractivity contribution in [2.24, 2.45) is 0 Å². The first-order valence-electron chi connectivity index (χ1n) is 3.87. The van der Waals surface area contributed by atoms with E-state index >= 15 is 0 Å². The van der Waals surface area contributed by atoms with Crippen molar-refractivity contribution < 1.29 is 13.2 Å². The van der Waals surface area contributed by atoms with Crippen LogP contribution in [0.15, 0.2) is 6.07 Å². The predicted molar refractivity (Wildman–Crippen MR) is 43.2 cm³/mol. The molecule has 2 nitrogen and oxygen atoms in total. The van der Waals surface area contributed by atoms with Gasteiger partial charge in [-0.15, -0.1) is 0 Å². The molecular formula is C9H7F3N2. The van der Waals surface area contributed by atoms with Crippen molar-refractivity contribution in [3.63, 3.8) is 0 Å². The number of hydrogen-bond acceptors (Lipinski definition) is 2. The summed E-state index contributed by atoms with van der Waals surface area (Å²) in [5.41, 5.74) is -0.315. The Morgan fingerprint density at radius 2 is 2.21 bits per heavy atom. The number of nitrogens with zero attached hydrogens (tertiary/aromatic N) is 2. The van der Waals surface area contributed by atoms with Gasteiger partial charge in [0.2, 0.25) is 5.95 Å². The lowest BCUT2D eigenvalue weighted by molar-refractivity contribution is 0.144. The molecule has 1 rings (SSSR count). The molecule has 0 atom stereocenters. The van der Waals surface area contributed by atoms with Gasteiger partial charge in [0.25, 0.3) is 6.43 Å². The molecule has 74 valence electrons. The topological polar surface area (TPSA) is 36.7 Å². The second-order valence-electron chi connectivity index (χ2n) is 2.78. The second kappa shape index (κ2) is 4.09. The number of rotatable bonds is 2. The van der Waals surface area contributed by atoms with E-state index in [1.54, 1.807) is 6.07 Å². The van der Waals surface area contributed by atoms with Crippen molar-refractivity contribution in [3.8, 4) is 6.07 Å². The van der Waals surface area contributed by atoms with Gasteiger partial charge in [0.05, 0.1) is 12.5 Å². The molecule has 0 N–H and O–H groups in total. The number of pyridine rings is 1. The molecule has 0 aromatic carbocycles. The normalized spacial score (nSPS) is 10.3. The molecule has 0 bridgehead atoms. The molecule has 1 aromatic rings. The minimum Gasteiger partial charge on any atom is -0.218 e. The van der Waals surface area contributed by atoms with Crippen LogP contribution in [0.3, 0.4) is 0 Å². The third kappa shape index (κ3) is 2.02. The van der Waals surface area contributed by atoms with Crippen LogP contribution in [0.5, 0.6) is 0 Å². The van der Waals surface area contributed by atoms with E-state index in [1.165, 1.54) is 13.0 Å². The highest BCUT2D eigenvalue weighted by Gasteiger charge is 2.16. The molecule has 0 aliphatic heterocycles. The lowest BCUT2D eigenvalue weighted by Crippen LogP contribution is -2.01. The van der Waals surface area contributed by atoms with Crippen molar-refractivity contribution in [2.45, 2.75) is 19.8 Å². The standard InChI is InChI=1S/C9H7F3N2/c1-5-4-6(2-3-13)9(12)14-7(5)8(10)11/h4,8H,2H2,1H3. The number of halogens is 3. The van der Waals surface area contributed by atoms with E-state index < -0.39 is 18.1 Å². The summed E-state index contributed by atoms with van der Waals surface area (Å²) in [4.78, 5) is 3.12. The molecule has 0 aliphatic carbocycles. The minimum absolute atomic E-state index is 0.0504. The van der Waals surface area contributed by atoms with Gasteiger partial charge >= 0.3 is 0 Å². The highest BCUT2D eigenvalue weighted by Crippen LogP contribution is 2.22. The van der Waals surface area contributed by atoms with Crippen LogP contribution in [0.4, 0.5) is 13.2 Å². The largest absolute Gasteiger partial charge is 0.280 e. The number of hydrogen-bond donors (Lipinski definition) is 0. The molecule has 0 fully saturated rings. The van der Waals surface area contributed by atoms with E-state index in [4.69, 9.17) is 5.26 Å². The third-order valence-corrected chi connectivity index (χ3v) is 1.75. The number of aromatic nitrogens is 1. The molecule has 0 saturated heterocycles. The zero-order valence-electron chi connectivity index (χ0n) is 7.39. The van der Waals surface area contributed by atoms with Crippen molar-refractivity contribution in [2.75, 3.05) is 0 Å². The maximum atomic E-state index is 13.0. The lowest BCUT2D eigenvalue weighted by Gasteiger charge is -2.05. The summed E-state index contributed by atoms with van der Waals surface area (Å²) < 4.78 is 37.4. The molecule has 0 radical (unpaired) electrons. The van der Waals surface area contributed by atoms with Crippen LogP contribution < -0.4 is 0 Å². The van der Waals surface area contributed by atoms with Crippen LogP contribution in [0.2, 0.25) is 0 Å². The Kier molecular flexibility index (Phi) is 3.07. The molecule has 0 unspecified atom stereocenters. The Balaban J connectivity index is 3.18. The van der Waals surface area contributed by atoms with Crippen LogP contribution in [-0.2, 0) is 6.42 Å². The monoisotopic (exact) mass is 200 g/mol. The van der Waals surface area contributed by atoms with Crippen molar-refractivity contribution in [1.29, 1.82) is 5.26 Å². The SMILES string of the molecule is Cc1cc(CC#N)c(F)nc1C(F)F. The Hall–Kier alpha value is -1.57. The number of nitriles is 1. The molecule has 0 amide bonds. The molecule has 14 heavy (non-hydrogen) atoms. The van der Waals surface area contributed by atoms with Gasteiger partial charge < -0.3 is 0 Å². The van der Waals surface area contributed by atoms with Crippen LogP contribution >= 0.6 is 0 Å².